The number of amides is 1. The number of nitrogens with zero attached hydrogens (tertiary/aromatic N) is 4. The van der Waals surface area contributed by atoms with Gasteiger partial charge in [-0.15, -0.1) is 10.2 Å². The van der Waals surface area contributed by atoms with Crippen LogP contribution in [0.4, 0.5) is 5.13 Å². The van der Waals surface area contributed by atoms with Gasteiger partial charge in [-0.1, -0.05) is 36.5 Å². The van der Waals surface area contributed by atoms with Crippen molar-refractivity contribution >= 4 is 33.1 Å². The van der Waals surface area contributed by atoms with Crippen molar-refractivity contribution in [3.8, 4) is 0 Å². The quantitative estimate of drug-likeness (QED) is 0.791. The maximum atomic E-state index is 12.6. The van der Waals surface area contributed by atoms with E-state index in [1.807, 2.05) is 13.8 Å². The van der Waals surface area contributed by atoms with Gasteiger partial charge in [-0.05, 0) is 19.4 Å². The van der Waals surface area contributed by atoms with E-state index in [2.05, 4.69) is 20.6 Å². The third kappa shape index (κ3) is 2.85. The molecule has 0 saturated heterocycles. The van der Waals surface area contributed by atoms with Crippen molar-refractivity contribution in [2.45, 2.75) is 26.8 Å². The van der Waals surface area contributed by atoms with Crippen LogP contribution >= 0.6 is 11.3 Å². The molecule has 0 aliphatic heterocycles. The highest BCUT2D eigenvalue weighted by atomic mass is 32.1. The maximum absolute atomic E-state index is 12.6. The molecular weight excluding hydrogens is 314 g/mol. The number of carbonyl (C=O) groups is 1. The highest BCUT2D eigenvalue weighted by Gasteiger charge is 2.17. The van der Waals surface area contributed by atoms with Gasteiger partial charge in [0.1, 0.15) is 5.01 Å². The fourth-order valence-electron chi connectivity index (χ4n) is 2.22. The zero-order valence-electron chi connectivity index (χ0n) is 12.7. The van der Waals surface area contributed by atoms with Crippen molar-refractivity contribution in [1.82, 2.24) is 20.0 Å². The summed E-state index contributed by atoms with van der Waals surface area (Å²) < 4.78 is 1.29. The van der Waals surface area contributed by atoms with Gasteiger partial charge in [0.05, 0.1) is 5.39 Å². The van der Waals surface area contributed by atoms with E-state index in [1.54, 1.807) is 24.3 Å². The lowest BCUT2D eigenvalue weighted by atomic mass is 10.1. The van der Waals surface area contributed by atoms with Crippen molar-refractivity contribution < 1.29 is 4.79 Å². The number of hydrogen-bond acceptors (Lipinski definition) is 6. The first-order valence-electron chi connectivity index (χ1n) is 7.27. The zero-order valence-corrected chi connectivity index (χ0v) is 13.6. The van der Waals surface area contributed by atoms with Crippen LogP contribution in [0.1, 0.15) is 29.3 Å². The number of anilines is 1. The molecule has 23 heavy (non-hydrogen) atoms. The van der Waals surface area contributed by atoms with E-state index < -0.39 is 5.91 Å². The van der Waals surface area contributed by atoms with Gasteiger partial charge >= 0.3 is 0 Å². The molecule has 8 heteroatoms. The monoisotopic (exact) mass is 329 g/mol. The minimum absolute atomic E-state index is 0.204. The van der Waals surface area contributed by atoms with E-state index in [9.17, 15) is 9.59 Å². The molecule has 0 radical (unpaired) electrons. The van der Waals surface area contributed by atoms with Gasteiger partial charge in [-0.2, -0.15) is 5.10 Å². The third-order valence-corrected chi connectivity index (χ3v) is 4.36. The Hall–Kier alpha value is -2.61. The van der Waals surface area contributed by atoms with Crippen LogP contribution in [0.15, 0.2) is 29.1 Å². The summed E-state index contributed by atoms with van der Waals surface area (Å²) in [6, 6.07) is 6.96. The lowest BCUT2D eigenvalue weighted by molar-refractivity contribution is 0.102. The first-order chi connectivity index (χ1) is 11.1. The molecule has 0 fully saturated rings. The first kappa shape index (κ1) is 15.3. The lowest BCUT2D eigenvalue weighted by Gasteiger charge is -2.08. The summed E-state index contributed by atoms with van der Waals surface area (Å²) in [7, 11) is 0. The molecule has 0 aliphatic carbocycles. The summed E-state index contributed by atoms with van der Waals surface area (Å²) in [4.78, 5) is 24.8. The molecular formula is C15H15N5O2S. The Morgan fingerprint density at radius 3 is 2.61 bits per heavy atom. The average molecular weight is 329 g/mol. The smallest absolute Gasteiger partial charge is 0.278 e. The van der Waals surface area contributed by atoms with Crippen molar-refractivity contribution in [3.63, 3.8) is 0 Å². The summed E-state index contributed by atoms with van der Waals surface area (Å²) in [6.45, 7) is 4.17. The number of benzene rings is 1. The van der Waals surface area contributed by atoms with Gasteiger partial charge in [0.25, 0.3) is 11.5 Å². The Labute approximate surface area is 136 Å². The minimum Gasteiger partial charge on any atom is -0.295 e. The maximum Gasteiger partial charge on any atom is 0.278 e. The predicted molar refractivity (Wildman–Crippen MR) is 88.9 cm³/mol. The molecule has 118 valence electrons. The van der Waals surface area contributed by atoms with Gasteiger partial charge in [-0.3, -0.25) is 14.9 Å². The van der Waals surface area contributed by atoms with Gasteiger partial charge in [0, 0.05) is 11.9 Å². The van der Waals surface area contributed by atoms with Crippen molar-refractivity contribution in [1.29, 1.82) is 0 Å². The number of aromatic nitrogens is 4. The Morgan fingerprint density at radius 1 is 1.22 bits per heavy atom. The number of hydrogen-bond donors (Lipinski definition) is 1. The normalized spacial score (nSPS) is 10.9. The molecule has 0 unspecified atom stereocenters. The molecule has 7 nitrogen and oxygen atoms in total. The van der Waals surface area contributed by atoms with Gasteiger partial charge < -0.3 is 0 Å². The van der Waals surface area contributed by atoms with E-state index in [4.69, 9.17) is 0 Å². The third-order valence-electron chi connectivity index (χ3n) is 3.37. The SMILES string of the molecule is CCc1nnc(NC(=O)c2nn(CC)c(=O)c3ccccc23)s1. The topological polar surface area (TPSA) is 89.8 Å². The van der Waals surface area contributed by atoms with Crippen molar-refractivity contribution in [3.05, 3.63) is 45.3 Å². The van der Waals surface area contributed by atoms with E-state index >= 15 is 0 Å². The molecule has 0 spiro atoms. The summed E-state index contributed by atoms with van der Waals surface area (Å²) in [5.74, 6) is -0.401. The fraction of sp³-hybridized carbons (Fsp3) is 0.267. The summed E-state index contributed by atoms with van der Waals surface area (Å²) >= 11 is 1.32. The molecule has 0 aliphatic rings. The molecule has 0 saturated carbocycles. The molecule has 3 rings (SSSR count). The highest BCUT2D eigenvalue weighted by molar-refractivity contribution is 7.15. The molecule has 0 atom stereocenters. The molecule has 1 N–H and O–H groups in total. The van der Waals surface area contributed by atoms with Crippen LogP contribution in [0.2, 0.25) is 0 Å². The van der Waals surface area contributed by atoms with Crippen LogP contribution in [-0.4, -0.2) is 25.9 Å². The average Bonchev–Trinajstić information content (AvgIpc) is 3.03. The molecule has 3 aromatic rings. The second-order valence-electron chi connectivity index (χ2n) is 4.82. The fourth-order valence-corrected chi connectivity index (χ4v) is 2.90. The number of fused-ring (bicyclic) bond motifs is 1. The van der Waals surface area contributed by atoms with Crippen LogP contribution in [0, 0.1) is 0 Å². The Morgan fingerprint density at radius 2 is 1.96 bits per heavy atom. The van der Waals surface area contributed by atoms with Crippen LogP contribution in [0.5, 0.6) is 0 Å². The standard InChI is InChI=1S/C15H15N5O2S/c1-3-11-17-18-15(23-11)16-13(21)12-9-7-5-6-8-10(9)14(22)20(4-2)19-12/h5-8H,3-4H2,1-2H3,(H,16,18,21). The van der Waals surface area contributed by atoms with E-state index in [0.29, 0.717) is 22.4 Å². The first-order valence-corrected chi connectivity index (χ1v) is 8.09. The van der Waals surface area contributed by atoms with Crippen LogP contribution in [0.3, 0.4) is 0 Å². The number of aryl methyl sites for hydroxylation is 2. The molecule has 1 aromatic carbocycles. The number of rotatable bonds is 4. The van der Waals surface area contributed by atoms with Crippen LogP contribution in [-0.2, 0) is 13.0 Å². The Kier molecular flexibility index (Phi) is 4.16. The molecule has 2 aromatic heterocycles. The highest BCUT2D eigenvalue weighted by Crippen LogP contribution is 2.18. The zero-order chi connectivity index (χ0) is 16.4. The summed E-state index contributed by atoms with van der Waals surface area (Å²) in [6.07, 6.45) is 0.759. The van der Waals surface area contributed by atoms with Gasteiger partial charge in [-0.25, -0.2) is 4.68 Å². The minimum atomic E-state index is -0.401. The second-order valence-corrected chi connectivity index (χ2v) is 5.89. The number of carbonyl (C=O) groups excluding carboxylic acids is 1. The Balaban J connectivity index is 2.06. The number of nitrogens with one attached hydrogen (secondary N) is 1. The lowest BCUT2D eigenvalue weighted by Crippen LogP contribution is -2.27. The largest absolute Gasteiger partial charge is 0.295 e. The van der Waals surface area contributed by atoms with Crippen molar-refractivity contribution in [2.24, 2.45) is 0 Å². The van der Waals surface area contributed by atoms with Crippen molar-refractivity contribution in [2.75, 3.05) is 5.32 Å². The molecule has 1 amide bonds. The predicted octanol–water partition coefficient (Wildman–Crippen LogP) is 2.08. The van der Waals surface area contributed by atoms with E-state index in [1.165, 1.54) is 16.0 Å². The Bertz CT molecular complexity index is 931. The van der Waals surface area contributed by atoms with Crippen LogP contribution in [0.25, 0.3) is 10.8 Å². The second kappa shape index (κ2) is 6.25. The molecule has 2 heterocycles. The summed E-state index contributed by atoms with van der Waals surface area (Å²) in [5, 5.41) is 17.1. The summed E-state index contributed by atoms with van der Waals surface area (Å²) in [5.41, 5.74) is -0.000803. The van der Waals surface area contributed by atoms with E-state index in [0.717, 1.165) is 11.4 Å². The molecule has 0 bridgehead atoms. The van der Waals surface area contributed by atoms with Gasteiger partial charge in [0.2, 0.25) is 5.13 Å². The van der Waals surface area contributed by atoms with Gasteiger partial charge in [0.15, 0.2) is 5.69 Å². The van der Waals surface area contributed by atoms with Crippen LogP contribution < -0.4 is 10.9 Å². The van der Waals surface area contributed by atoms with E-state index in [-0.39, 0.29) is 11.3 Å².